The second kappa shape index (κ2) is 8.73. The largest absolute Gasteiger partial charge is 0.325 e. The van der Waals surface area contributed by atoms with Crippen molar-refractivity contribution in [1.29, 1.82) is 0 Å². The van der Waals surface area contributed by atoms with Crippen molar-refractivity contribution in [2.45, 2.75) is 38.6 Å². The summed E-state index contributed by atoms with van der Waals surface area (Å²) in [4.78, 5) is 14.3. The van der Waals surface area contributed by atoms with Gasteiger partial charge in [-0.15, -0.1) is 0 Å². The number of aryl methyl sites for hydroxylation is 1. The number of halogens is 1. The van der Waals surface area contributed by atoms with Crippen molar-refractivity contribution >= 4 is 21.6 Å². The van der Waals surface area contributed by atoms with Crippen LogP contribution in [0.25, 0.3) is 0 Å². The highest BCUT2D eigenvalue weighted by Gasteiger charge is 2.24. The van der Waals surface area contributed by atoms with E-state index in [4.69, 9.17) is 0 Å². The van der Waals surface area contributed by atoms with Crippen LogP contribution in [-0.2, 0) is 14.8 Å². The lowest BCUT2D eigenvalue weighted by molar-refractivity contribution is -0.118. The van der Waals surface area contributed by atoms with Crippen LogP contribution in [0.15, 0.2) is 18.2 Å². The van der Waals surface area contributed by atoms with Crippen LogP contribution >= 0.6 is 0 Å². The van der Waals surface area contributed by atoms with Gasteiger partial charge in [0, 0.05) is 18.3 Å². The van der Waals surface area contributed by atoms with Gasteiger partial charge in [0.15, 0.2) is 0 Å². The Labute approximate surface area is 148 Å². The molecule has 1 aliphatic rings. The van der Waals surface area contributed by atoms with Crippen molar-refractivity contribution in [2.24, 2.45) is 0 Å². The highest BCUT2D eigenvalue weighted by atomic mass is 32.2. The Morgan fingerprint density at radius 1 is 1.36 bits per heavy atom. The number of carbonyl (C=O) groups excluding carboxylic acids is 1. The number of hydrogen-bond donors (Lipinski definition) is 2. The van der Waals surface area contributed by atoms with Crippen LogP contribution in [0, 0.1) is 12.7 Å². The number of benzene rings is 1. The van der Waals surface area contributed by atoms with Gasteiger partial charge in [0.1, 0.15) is 5.82 Å². The van der Waals surface area contributed by atoms with E-state index >= 15 is 0 Å². The quantitative estimate of drug-likeness (QED) is 0.767. The minimum Gasteiger partial charge on any atom is -0.325 e. The highest BCUT2D eigenvalue weighted by Crippen LogP contribution is 2.20. The molecule has 140 valence electrons. The molecule has 0 aliphatic carbocycles. The van der Waals surface area contributed by atoms with E-state index in [0.717, 1.165) is 32.1 Å². The van der Waals surface area contributed by atoms with E-state index in [2.05, 4.69) is 14.9 Å². The second-order valence-corrected chi connectivity index (χ2v) is 8.42. The number of carbonyl (C=O) groups is 1. The maximum atomic E-state index is 13.6. The van der Waals surface area contributed by atoms with E-state index in [1.54, 1.807) is 19.1 Å². The number of piperidine rings is 1. The zero-order valence-corrected chi connectivity index (χ0v) is 15.5. The second-order valence-electron chi connectivity index (χ2n) is 6.59. The van der Waals surface area contributed by atoms with Crippen LogP contribution in [0.2, 0.25) is 0 Å². The first-order valence-corrected chi connectivity index (χ1v) is 10.4. The summed E-state index contributed by atoms with van der Waals surface area (Å²) in [6, 6.07) is 4.80. The van der Waals surface area contributed by atoms with E-state index < -0.39 is 10.0 Å². The number of anilines is 1. The Morgan fingerprint density at radius 2 is 2.12 bits per heavy atom. The third-order valence-corrected chi connectivity index (χ3v) is 5.12. The summed E-state index contributed by atoms with van der Waals surface area (Å²) in [5.74, 6) is -0.535. The van der Waals surface area contributed by atoms with Gasteiger partial charge in [-0.3, -0.25) is 9.69 Å². The van der Waals surface area contributed by atoms with Crippen molar-refractivity contribution in [1.82, 2.24) is 9.62 Å². The molecule has 2 rings (SSSR count). The Morgan fingerprint density at radius 3 is 2.80 bits per heavy atom. The lowest BCUT2D eigenvalue weighted by Gasteiger charge is -2.35. The summed E-state index contributed by atoms with van der Waals surface area (Å²) in [5, 5.41) is 2.73. The van der Waals surface area contributed by atoms with Crippen LogP contribution in [0.1, 0.15) is 31.2 Å². The molecule has 0 spiro atoms. The van der Waals surface area contributed by atoms with Gasteiger partial charge >= 0.3 is 0 Å². The van der Waals surface area contributed by atoms with Gasteiger partial charge in [0.25, 0.3) is 0 Å². The van der Waals surface area contributed by atoms with Crippen LogP contribution in [-0.4, -0.2) is 51.2 Å². The fourth-order valence-electron chi connectivity index (χ4n) is 3.06. The number of nitrogens with zero attached hydrogens (tertiary/aromatic N) is 1. The number of hydrogen-bond acceptors (Lipinski definition) is 4. The van der Waals surface area contributed by atoms with Gasteiger partial charge in [0.05, 0.1) is 12.8 Å². The average Bonchev–Trinajstić information content (AvgIpc) is 2.51. The Balaban J connectivity index is 1.88. The third-order valence-electron chi connectivity index (χ3n) is 4.39. The monoisotopic (exact) mass is 371 g/mol. The zero-order chi connectivity index (χ0) is 18.4. The van der Waals surface area contributed by atoms with Crippen molar-refractivity contribution < 1.29 is 17.6 Å². The normalized spacial score (nSPS) is 18.9. The van der Waals surface area contributed by atoms with Crippen molar-refractivity contribution in [2.75, 3.05) is 31.2 Å². The minimum atomic E-state index is -3.20. The minimum absolute atomic E-state index is 0.170. The van der Waals surface area contributed by atoms with Gasteiger partial charge < -0.3 is 5.32 Å². The number of amides is 1. The molecule has 6 nitrogen and oxygen atoms in total. The van der Waals surface area contributed by atoms with Gasteiger partial charge in [-0.25, -0.2) is 17.5 Å². The topological polar surface area (TPSA) is 78.5 Å². The molecule has 25 heavy (non-hydrogen) atoms. The maximum absolute atomic E-state index is 13.6. The Bertz CT molecular complexity index is 709. The van der Waals surface area contributed by atoms with E-state index in [0.29, 0.717) is 24.2 Å². The van der Waals surface area contributed by atoms with Crippen molar-refractivity contribution in [3.8, 4) is 0 Å². The van der Waals surface area contributed by atoms with Gasteiger partial charge in [-0.1, -0.05) is 12.5 Å². The summed E-state index contributed by atoms with van der Waals surface area (Å²) < 4.78 is 38.4. The first-order chi connectivity index (χ1) is 11.7. The first kappa shape index (κ1) is 19.8. The molecule has 0 bridgehead atoms. The average molecular weight is 371 g/mol. The molecule has 1 aliphatic heterocycles. The molecule has 0 saturated carbocycles. The molecule has 1 aromatic carbocycles. The Hall–Kier alpha value is -1.51. The molecule has 2 N–H and O–H groups in total. The van der Waals surface area contributed by atoms with E-state index in [1.807, 2.05) is 0 Å². The van der Waals surface area contributed by atoms with E-state index in [-0.39, 0.29) is 24.3 Å². The fourth-order valence-corrected chi connectivity index (χ4v) is 3.55. The lowest BCUT2D eigenvalue weighted by atomic mass is 9.99. The molecule has 1 saturated heterocycles. The molecule has 0 aromatic heterocycles. The predicted molar refractivity (Wildman–Crippen MR) is 96.4 cm³/mol. The standard InChI is InChI=1S/C17H26FN3O3S/c1-13-6-7-14(11-16(13)18)20-17(22)12-21-10-4-3-5-15(21)8-9-19-25(2,23)24/h6-7,11,15,19H,3-5,8-10,12H2,1-2H3,(H,20,22). The zero-order valence-electron chi connectivity index (χ0n) is 14.7. The number of rotatable bonds is 7. The fraction of sp³-hybridized carbons (Fsp3) is 0.588. The van der Waals surface area contributed by atoms with Crippen LogP contribution < -0.4 is 10.0 Å². The van der Waals surface area contributed by atoms with Crippen molar-refractivity contribution in [3.63, 3.8) is 0 Å². The third kappa shape index (κ3) is 6.72. The molecule has 1 atom stereocenters. The van der Waals surface area contributed by atoms with Crippen LogP contribution in [0.5, 0.6) is 0 Å². The SMILES string of the molecule is Cc1ccc(NC(=O)CN2CCCCC2CCNS(C)(=O)=O)cc1F. The molecule has 1 amide bonds. The van der Waals surface area contributed by atoms with E-state index in [1.165, 1.54) is 6.07 Å². The summed E-state index contributed by atoms with van der Waals surface area (Å²) >= 11 is 0. The molecule has 0 radical (unpaired) electrons. The summed E-state index contributed by atoms with van der Waals surface area (Å²) in [7, 11) is -3.20. The Kier molecular flexibility index (Phi) is 6.92. The molecule has 8 heteroatoms. The number of sulfonamides is 1. The van der Waals surface area contributed by atoms with Gasteiger partial charge in [0.2, 0.25) is 15.9 Å². The number of nitrogens with one attached hydrogen (secondary N) is 2. The van der Waals surface area contributed by atoms with Gasteiger partial charge in [-0.2, -0.15) is 0 Å². The molecular weight excluding hydrogens is 345 g/mol. The van der Waals surface area contributed by atoms with Crippen molar-refractivity contribution in [3.05, 3.63) is 29.6 Å². The molecular formula is C17H26FN3O3S. The summed E-state index contributed by atoms with van der Waals surface area (Å²) in [6.07, 6.45) is 4.84. The summed E-state index contributed by atoms with van der Waals surface area (Å²) in [6.45, 7) is 3.06. The first-order valence-electron chi connectivity index (χ1n) is 8.49. The smallest absolute Gasteiger partial charge is 0.238 e. The number of likely N-dealkylation sites (tertiary alicyclic amines) is 1. The van der Waals surface area contributed by atoms with Crippen LogP contribution in [0.4, 0.5) is 10.1 Å². The highest BCUT2D eigenvalue weighted by molar-refractivity contribution is 7.88. The molecule has 1 heterocycles. The molecule has 1 unspecified atom stereocenters. The molecule has 1 aromatic rings. The van der Waals surface area contributed by atoms with Gasteiger partial charge in [-0.05, 0) is 50.4 Å². The molecule has 1 fully saturated rings. The predicted octanol–water partition coefficient (Wildman–Crippen LogP) is 1.87. The summed E-state index contributed by atoms with van der Waals surface area (Å²) in [5.41, 5.74) is 0.980. The van der Waals surface area contributed by atoms with Crippen LogP contribution in [0.3, 0.4) is 0 Å². The lowest BCUT2D eigenvalue weighted by Crippen LogP contribution is -2.45. The maximum Gasteiger partial charge on any atom is 0.238 e. The van der Waals surface area contributed by atoms with E-state index in [9.17, 15) is 17.6 Å².